The molecule has 2 aromatic rings. The Morgan fingerprint density at radius 3 is 2.88 bits per heavy atom. The number of hydrogen-bond acceptors (Lipinski definition) is 3. The number of hydrogen-bond donors (Lipinski definition) is 1. The topological polar surface area (TPSA) is 24.9 Å². The molecule has 0 aliphatic rings. The van der Waals surface area contributed by atoms with Crippen LogP contribution in [-0.4, -0.2) is 11.5 Å². The van der Waals surface area contributed by atoms with Crippen LogP contribution in [0.4, 0.5) is 5.82 Å². The van der Waals surface area contributed by atoms with Gasteiger partial charge in [0.05, 0.1) is 0 Å². The quantitative estimate of drug-likeness (QED) is 0.851. The average molecular weight is 297 g/mol. The van der Waals surface area contributed by atoms with Crippen molar-refractivity contribution in [2.45, 2.75) is 11.8 Å². The van der Waals surface area contributed by atoms with Gasteiger partial charge in [0.1, 0.15) is 5.82 Å². The molecular weight excluding hydrogens is 284 g/mol. The first-order valence-electron chi connectivity index (χ1n) is 5.15. The molecule has 0 amide bonds. The fourth-order valence-electron chi connectivity index (χ4n) is 1.38. The first-order valence-corrected chi connectivity index (χ1v) is 7.16. The van der Waals surface area contributed by atoms with Gasteiger partial charge in [-0.15, -0.1) is 11.3 Å². The minimum atomic E-state index is 0.857. The first-order chi connectivity index (χ1) is 7.88. The monoisotopic (exact) mass is 296 g/mol. The smallest absolute Gasteiger partial charge is 0.125 e. The highest BCUT2D eigenvalue weighted by Gasteiger charge is 1.96. The van der Waals surface area contributed by atoms with E-state index in [9.17, 15) is 0 Å². The van der Waals surface area contributed by atoms with Crippen LogP contribution >= 0.6 is 27.3 Å². The maximum Gasteiger partial charge on any atom is 0.125 e. The van der Waals surface area contributed by atoms with Gasteiger partial charge in [-0.2, -0.15) is 0 Å². The fourth-order valence-corrected chi connectivity index (χ4v) is 2.42. The third kappa shape index (κ3) is 3.32. The highest BCUT2D eigenvalue weighted by Crippen LogP contribution is 2.11. The molecule has 0 fully saturated rings. The van der Waals surface area contributed by atoms with Crippen LogP contribution in [0.3, 0.4) is 0 Å². The van der Waals surface area contributed by atoms with Crippen molar-refractivity contribution in [2.24, 2.45) is 0 Å². The number of aromatic nitrogens is 1. The molecular formula is C12H13BrN2S. The van der Waals surface area contributed by atoms with Gasteiger partial charge in [0.15, 0.2) is 0 Å². The largest absolute Gasteiger partial charge is 0.370 e. The van der Waals surface area contributed by atoms with Gasteiger partial charge in [0, 0.05) is 22.9 Å². The van der Waals surface area contributed by atoms with Gasteiger partial charge in [-0.1, -0.05) is 28.1 Å². The Bertz CT molecular complexity index is 411. The molecule has 0 aromatic carbocycles. The van der Waals surface area contributed by atoms with Gasteiger partial charge >= 0.3 is 0 Å². The summed E-state index contributed by atoms with van der Waals surface area (Å²) in [5, 5.41) is 6.28. The molecule has 2 rings (SSSR count). The van der Waals surface area contributed by atoms with Gasteiger partial charge in [0.2, 0.25) is 0 Å². The van der Waals surface area contributed by atoms with Gasteiger partial charge in [0.25, 0.3) is 0 Å². The van der Waals surface area contributed by atoms with E-state index in [4.69, 9.17) is 0 Å². The molecule has 16 heavy (non-hydrogen) atoms. The van der Waals surface area contributed by atoms with Crippen LogP contribution in [0.25, 0.3) is 0 Å². The molecule has 0 bridgehead atoms. The lowest BCUT2D eigenvalue weighted by Gasteiger charge is -2.04. The summed E-state index contributed by atoms with van der Waals surface area (Å²) in [6.07, 6.45) is 2.95. The average Bonchev–Trinajstić information content (AvgIpc) is 2.83. The van der Waals surface area contributed by atoms with E-state index in [1.807, 2.05) is 12.3 Å². The van der Waals surface area contributed by atoms with Gasteiger partial charge in [-0.05, 0) is 29.5 Å². The van der Waals surface area contributed by atoms with E-state index in [1.165, 1.54) is 10.4 Å². The van der Waals surface area contributed by atoms with E-state index in [2.05, 4.69) is 49.8 Å². The van der Waals surface area contributed by atoms with E-state index >= 15 is 0 Å². The zero-order valence-corrected chi connectivity index (χ0v) is 11.2. The Labute approximate surface area is 108 Å². The Kier molecular flexibility index (Phi) is 4.36. The summed E-state index contributed by atoms with van der Waals surface area (Å²) in [5.41, 5.74) is 1.20. The molecule has 2 aromatic heterocycles. The predicted molar refractivity (Wildman–Crippen MR) is 73.4 cm³/mol. The van der Waals surface area contributed by atoms with E-state index < -0.39 is 0 Å². The normalized spacial score (nSPS) is 10.3. The number of rotatable bonds is 5. The summed E-state index contributed by atoms with van der Waals surface area (Å²) >= 11 is 5.20. The molecule has 2 nitrogen and oxygen atoms in total. The maximum atomic E-state index is 4.33. The van der Waals surface area contributed by atoms with Crippen molar-refractivity contribution in [2.75, 3.05) is 11.9 Å². The van der Waals surface area contributed by atoms with E-state index in [0.717, 1.165) is 24.1 Å². The molecule has 0 aliphatic heterocycles. The fraction of sp³-hybridized carbons (Fsp3) is 0.250. The highest BCUT2D eigenvalue weighted by molar-refractivity contribution is 9.08. The SMILES string of the molecule is BrCc1ccc(NCCc2cccs2)nc1. The second-order valence-electron chi connectivity index (χ2n) is 3.44. The van der Waals surface area contributed by atoms with Gasteiger partial charge in [-0.25, -0.2) is 4.98 Å². The van der Waals surface area contributed by atoms with Crippen molar-refractivity contribution in [3.63, 3.8) is 0 Å². The van der Waals surface area contributed by atoms with Crippen LogP contribution in [-0.2, 0) is 11.8 Å². The van der Waals surface area contributed by atoms with Crippen LogP contribution in [0.2, 0.25) is 0 Å². The maximum absolute atomic E-state index is 4.33. The second kappa shape index (κ2) is 6.01. The van der Waals surface area contributed by atoms with E-state index in [0.29, 0.717) is 0 Å². The van der Waals surface area contributed by atoms with Crippen LogP contribution in [0.1, 0.15) is 10.4 Å². The third-order valence-corrected chi connectivity index (χ3v) is 3.82. The molecule has 0 atom stereocenters. The lowest BCUT2D eigenvalue weighted by atomic mass is 10.3. The van der Waals surface area contributed by atoms with Crippen molar-refractivity contribution in [1.29, 1.82) is 0 Å². The number of thiophene rings is 1. The molecule has 0 saturated heterocycles. The first kappa shape index (κ1) is 11.6. The van der Waals surface area contributed by atoms with Crippen LogP contribution in [0.15, 0.2) is 35.8 Å². The summed E-state index contributed by atoms with van der Waals surface area (Å²) in [7, 11) is 0. The molecule has 0 unspecified atom stereocenters. The van der Waals surface area contributed by atoms with Crippen molar-refractivity contribution in [3.8, 4) is 0 Å². The molecule has 4 heteroatoms. The summed E-state index contributed by atoms with van der Waals surface area (Å²) in [5.74, 6) is 0.946. The molecule has 2 heterocycles. The van der Waals surface area contributed by atoms with Crippen LogP contribution < -0.4 is 5.32 Å². The number of nitrogens with zero attached hydrogens (tertiary/aromatic N) is 1. The summed E-state index contributed by atoms with van der Waals surface area (Å²) < 4.78 is 0. The minimum Gasteiger partial charge on any atom is -0.370 e. The standard InChI is InChI=1S/C12H13BrN2S/c13-8-10-3-4-12(15-9-10)14-6-5-11-2-1-7-16-11/h1-4,7,9H,5-6,8H2,(H,14,15). The lowest BCUT2D eigenvalue weighted by Crippen LogP contribution is -2.05. The van der Waals surface area contributed by atoms with E-state index in [-0.39, 0.29) is 0 Å². The summed E-state index contributed by atoms with van der Waals surface area (Å²) in [6, 6.07) is 8.34. The summed E-state index contributed by atoms with van der Waals surface area (Å²) in [6.45, 7) is 0.932. The second-order valence-corrected chi connectivity index (χ2v) is 5.03. The minimum absolute atomic E-state index is 0.857. The number of nitrogens with one attached hydrogen (secondary N) is 1. The van der Waals surface area contributed by atoms with Gasteiger partial charge < -0.3 is 5.32 Å². The predicted octanol–water partition coefficient (Wildman–Crippen LogP) is 3.69. The van der Waals surface area contributed by atoms with Crippen molar-refractivity contribution in [1.82, 2.24) is 4.98 Å². The number of alkyl halides is 1. The van der Waals surface area contributed by atoms with Crippen molar-refractivity contribution in [3.05, 3.63) is 46.3 Å². The zero-order chi connectivity index (χ0) is 11.2. The third-order valence-electron chi connectivity index (χ3n) is 2.24. The molecule has 84 valence electrons. The number of halogens is 1. The molecule has 0 saturated carbocycles. The van der Waals surface area contributed by atoms with Crippen molar-refractivity contribution >= 4 is 33.1 Å². The van der Waals surface area contributed by atoms with E-state index in [1.54, 1.807) is 11.3 Å². The Balaban J connectivity index is 1.81. The van der Waals surface area contributed by atoms with Crippen LogP contribution in [0.5, 0.6) is 0 Å². The van der Waals surface area contributed by atoms with Gasteiger partial charge in [-0.3, -0.25) is 0 Å². The molecule has 0 spiro atoms. The number of pyridine rings is 1. The highest BCUT2D eigenvalue weighted by atomic mass is 79.9. The zero-order valence-electron chi connectivity index (χ0n) is 8.82. The Hall–Kier alpha value is -0.870. The van der Waals surface area contributed by atoms with Crippen LogP contribution in [0, 0.1) is 0 Å². The molecule has 0 aliphatic carbocycles. The Morgan fingerprint density at radius 2 is 2.25 bits per heavy atom. The molecule has 0 radical (unpaired) electrons. The molecule has 1 N–H and O–H groups in total. The Morgan fingerprint density at radius 1 is 1.31 bits per heavy atom. The lowest BCUT2D eigenvalue weighted by molar-refractivity contribution is 1.03. The summed E-state index contributed by atoms with van der Waals surface area (Å²) in [4.78, 5) is 5.74. The van der Waals surface area contributed by atoms with Crippen molar-refractivity contribution < 1.29 is 0 Å². The number of anilines is 1.